The Hall–Kier alpha value is 0.600. The van der Waals surface area contributed by atoms with Crippen molar-refractivity contribution in [1.82, 2.24) is 30.5 Å². The largest absolute Gasteiger partial charge is 0.441 e. The summed E-state index contributed by atoms with van der Waals surface area (Å²) in [6, 6.07) is 0. The van der Waals surface area contributed by atoms with Gasteiger partial charge in [-0.15, -0.1) is 9.03 Å². The lowest BCUT2D eigenvalue weighted by atomic mass is 11.6. The number of nitrogens with zero attached hydrogens (tertiary/aromatic N) is 4. The van der Waals surface area contributed by atoms with Crippen LogP contribution in [0.15, 0.2) is 18.1 Å². The Balaban J connectivity index is 4.05. The number of rotatable bonds is 8. The van der Waals surface area contributed by atoms with E-state index in [0.717, 1.165) is 0 Å². The Kier molecular flexibility index (Phi) is 8.49. The highest BCUT2D eigenvalue weighted by Crippen LogP contribution is 2.67. The summed E-state index contributed by atoms with van der Waals surface area (Å²) < 4.78 is 20.4. The molecule has 0 aliphatic carbocycles. The van der Waals surface area contributed by atoms with E-state index >= 15 is 0 Å². The van der Waals surface area contributed by atoms with Gasteiger partial charge in [-0.3, -0.25) is 40.7 Å². The first-order valence-corrected chi connectivity index (χ1v) is 14.5. The predicted molar refractivity (Wildman–Crippen MR) is 107 cm³/mol. The van der Waals surface area contributed by atoms with Gasteiger partial charge >= 0.3 is 7.51 Å². The van der Waals surface area contributed by atoms with Gasteiger partial charge in [0.15, 0.2) is 0 Å². The molecule has 144 valence electrons. The van der Waals surface area contributed by atoms with Crippen LogP contribution in [0, 0.1) is 0 Å². The molecule has 0 aromatic rings. The summed E-state index contributed by atoms with van der Waals surface area (Å²) in [5.74, 6) is 0. The van der Waals surface area contributed by atoms with E-state index in [4.69, 9.17) is 18.1 Å². The molecule has 0 bridgehead atoms. The van der Waals surface area contributed by atoms with Crippen LogP contribution in [0.5, 0.6) is 0 Å². The third kappa shape index (κ3) is 4.46. The lowest BCUT2D eigenvalue weighted by Crippen LogP contribution is -2.93. The Morgan fingerprint density at radius 3 is 1.08 bits per heavy atom. The highest BCUT2D eigenvalue weighted by molar-refractivity contribution is 7.82. The van der Waals surface area contributed by atoms with E-state index in [1.807, 2.05) is 56.4 Å². The van der Waals surface area contributed by atoms with Gasteiger partial charge < -0.3 is 0 Å². The molecule has 1 heterocycles. The molecular formula is C8H34N12P4+2. The van der Waals surface area contributed by atoms with Crippen LogP contribution < -0.4 is 40.7 Å². The van der Waals surface area contributed by atoms with Gasteiger partial charge in [-0.05, 0) is 42.3 Å². The van der Waals surface area contributed by atoms with Crippen LogP contribution in [-0.4, -0.2) is 56.4 Å². The monoisotopic (exact) mass is 422 g/mol. The zero-order chi connectivity index (χ0) is 18.5. The SMILES string of the molecule is CNP1(NC)=NP(NC)(NC)=NP([NH2+]C)([NH2+]C)=NP(NC)(NC)=N1. The van der Waals surface area contributed by atoms with E-state index in [9.17, 15) is 0 Å². The summed E-state index contributed by atoms with van der Waals surface area (Å²) in [6.07, 6.45) is 0. The molecule has 0 saturated heterocycles. The summed E-state index contributed by atoms with van der Waals surface area (Å²) in [5, 5.41) is 23.9. The van der Waals surface area contributed by atoms with Crippen LogP contribution >= 0.6 is 30.0 Å². The molecule has 10 N–H and O–H groups in total. The molecule has 0 atom stereocenters. The first-order valence-electron chi connectivity index (χ1n) is 7.61. The summed E-state index contributed by atoms with van der Waals surface area (Å²) in [5.41, 5.74) is 0. The van der Waals surface area contributed by atoms with Crippen molar-refractivity contribution in [3.8, 4) is 0 Å². The van der Waals surface area contributed by atoms with Crippen molar-refractivity contribution in [2.75, 3.05) is 56.4 Å². The van der Waals surface area contributed by atoms with Gasteiger partial charge in [0.1, 0.15) is 0 Å². The maximum absolute atomic E-state index is 5.15. The minimum absolute atomic E-state index is 1.86. The molecule has 0 radical (unpaired) electrons. The van der Waals surface area contributed by atoms with Crippen LogP contribution in [0.3, 0.4) is 0 Å². The first-order chi connectivity index (χ1) is 11.3. The minimum Gasteiger partial charge on any atom is -0.259 e. The summed E-state index contributed by atoms with van der Waals surface area (Å²) >= 11 is 0. The molecule has 24 heavy (non-hydrogen) atoms. The van der Waals surface area contributed by atoms with Gasteiger partial charge in [0.2, 0.25) is 22.5 Å². The molecule has 1 aliphatic heterocycles. The van der Waals surface area contributed by atoms with Crippen LogP contribution in [0.4, 0.5) is 0 Å². The van der Waals surface area contributed by atoms with E-state index in [-0.39, 0.29) is 0 Å². The summed E-state index contributed by atoms with van der Waals surface area (Å²) in [7, 11) is 5.87. The standard InChI is InChI=1S/C8H32N12P4/c1-9-21(10-2)17-22(11-3,12-4)19-24(15-7,16-8)20-23(13-5,14-6)18-21/h9-16H,1-8H3/p+2. The van der Waals surface area contributed by atoms with Crippen molar-refractivity contribution in [3.05, 3.63) is 0 Å². The Morgan fingerprint density at radius 1 is 0.500 bits per heavy atom. The zero-order valence-corrected chi connectivity index (χ0v) is 19.3. The molecule has 0 aromatic heterocycles. The molecule has 1 aliphatic rings. The molecule has 16 heteroatoms. The topological polar surface area (TPSA) is 155 Å². The summed E-state index contributed by atoms with van der Waals surface area (Å²) in [6.45, 7) is 0. The minimum atomic E-state index is -2.41. The molecule has 12 nitrogen and oxygen atoms in total. The van der Waals surface area contributed by atoms with Crippen molar-refractivity contribution >= 4 is 30.0 Å². The van der Waals surface area contributed by atoms with Crippen LogP contribution in [-0.2, 0) is 0 Å². The van der Waals surface area contributed by atoms with Crippen molar-refractivity contribution in [2.24, 2.45) is 18.1 Å². The second-order valence-corrected chi connectivity index (χ2v) is 16.3. The molecule has 0 unspecified atom stereocenters. The smallest absolute Gasteiger partial charge is 0.259 e. The second kappa shape index (κ2) is 9.00. The first kappa shape index (κ1) is 22.6. The molecule has 1 rings (SSSR count). The number of hydrogen-bond acceptors (Lipinski definition) is 10. The van der Waals surface area contributed by atoms with Gasteiger partial charge in [0.25, 0.3) is 0 Å². The highest BCUT2D eigenvalue weighted by atomic mass is 31.3. The Labute approximate surface area is 145 Å². The van der Waals surface area contributed by atoms with E-state index < -0.39 is 30.0 Å². The zero-order valence-electron chi connectivity index (χ0n) is 15.7. The number of nitrogens with two attached hydrogens (primary N) is 2. The lowest BCUT2D eigenvalue weighted by molar-refractivity contribution is -0.585. The molecule has 0 fully saturated rings. The van der Waals surface area contributed by atoms with Crippen molar-refractivity contribution in [1.29, 1.82) is 0 Å². The normalized spacial score (nSPS) is 23.7. The van der Waals surface area contributed by atoms with Gasteiger partial charge in [-0.25, -0.2) is 0 Å². The van der Waals surface area contributed by atoms with Gasteiger partial charge in [-0.2, -0.15) is 9.03 Å². The molecule has 0 amide bonds. The van der Waals surface area contributed by atoms with Crippen molar-refractivity contribution < 1.29 is 10.2 Å². The number of quaternary nitrogens is 2. The average Bonchev–Trinajstić information content (AvgIpc) is 2.63. The molecular weight excluding hydrogens is 388 g/mol. The van der Waals surface area contributed by atoms with Crippen LogP contribution in [0.25, 0.3) is 0 Å². The average molecular weight is 422 g/mol. The van der Waals surface area contributed by atoms with Crippen molar-refractivity contribution in [2.45, 2.75) is 0 Å². The maximum atomic E-state index is 5.15. The quantitative estimate of drug-likeness (QED) is 0.246. The fraction of sp³-hybridized carbons (Fsp3) is 1.00. The Bertz CT molecular complexity index is 487. The van der Waals surface area contributed by atoms with Gasteiger partial charge in [0, 0.05) is 0 Å². The van der Waals surface area contributed by atoms with Crippen LogP contribution in [0.2, 0.25) is 0 Å². The van der Waals surface area contributed by atoms with E-state index in [0.29, 0.717) is 0 Å². The van der Waals surface area contributed by atoms with Crippen molar-refractivity contribution in [3.63, 3.8) is 0 Å². The van der Waals surface area contributed by atoms with Crippen LogP contribution in [0.1, 0.15) is 0 Å². The Morgan fingerprint density at radius 2 is 0.792 bits per heavy atom. The third-order valence-electron chi connectivity index (χ3n) is 3.69. The fourth-order valence-electron chi connectivity index (χ4n) is 2.09. The van der Waals surface area contributed by atoms with Gasteiger partial charge in [0.05, 0.1) is 14.1 Å². The number of hydrogen-bond donors (Lipinski definition) is 8. The van der Waals surface area contributed by atoms with E-state index in [1.165, 1.54) is 0 Å². The molecule has 0 saturated carbocycles. The van der Waals surface area contributed by atoms with E-state index in [1.54, 1.807) is 0 Å². The highest BCUT2D eigenvalue weighted by Gasteiger charge is 2.38. The third-order valence-corrected chi connectivity index (χ3v) is 17.5. The molecule has 0 spiro atoms. The fourth-order valence-corrected chi connectivity index (χ4v) is 17.2. The predicted octanol–water partition coefficient (Wildman–Crippen LogP) is -0.512. The molecule has 0 aromatic carbocycles. The second-order valence-electron chi connectivity index (χ2n) is 4.72. The van der Waals surface area contributed by atoms with Gasteiger partial charge in [-0.1, -0.05) is 0 Å². The van der Waals surface area contributed by atoms with E-state index in [2.05, 4.69) is 40.7 Å². The lowest BCUT2D eigenvalue weighted by Gasteiger charge is -2.31. The maximum Gasteiger partial charge on any atom is 0.441 e. The number of nitrogens with one attached hydrogen (secondary N) is 6. The summed E-state index contributed by atoms with van der Waals surface area (Å²) in [4.78, 5) is 0.